The molecular weight excluding hydrogens is 352 g/mol. The van der Waals surface area contributed by atoms with Crippen LogP contribution in [0.25, 0.3) is 0 Å². The van der Waals surface area contributed by atoms with Crippen LogP contribution in [0.2, 0.25) is 0 Å². The number of carbonyl (C=O) groups excluding carboxylic acids is 2. The minimum atomic E-state index is -0.590. The molecule has 1 aromatic rings. The molecular formula is C18H28N4O5. The summed E-state index contributed by atoms with van der Waals surface area (Å²) in [4.78, 5) is 38.3. The molecule has 0 saturated carbocycles. The maximum atomic E-state index is 12.8. The van der Waals surface area contributed by atoms with Crippen molar-refractivity contribution in [3.05, 3.63) is 17.8 Å². The van der Waals surface area contributed by atoms with Crippen LogP contribution in [-0.4, -0.2) is 77.3 Å². The van der Waals surface area contributed by atoms with Gasteiger partial charge in [-0.05, 0) is 40.2 Å². The van der Waals surface area contributed by atoms with Crippen LogP contribution in [0.4, 0.5) is 4.79 Å². The van der Waals surface area contributed by atoms with Crippen LogP contribution in [0.3, 0.4) is 0 Å². The van der Waals surface area contributed by atoms with Gasteiger partial charge in [-0.3, -0.25) is 19.4 Å². The molecule has 9 nitrogen and oxygen atoms in total. The number of ether oxygens (including phenoxy) is 1. The third-order valence-corrected chi connectivity index (χ3v) is 4.90. The number of piperazine rings is 1. The van der Waals surface area contributed by atoms with E-state index in [0.29, 0.717) is 25.0 Å². The quantitative estimate of drug-likeness (QED) is 0.742. The molecule has 9 heteroatoms. The summed E-state index contributed by atoms with van der Waals surface area (Å²) in [6.45, 7) is 7.68. The molecule has 3 rings (SSSR count). The van der Waals surface area contributed by atoms with Crippen molar-refractivity contribution < 1.29 is 23.6 Å². The lowest BCUT2D eigenvalue weighted by Crippen LogP contribution is -2.54. The van der Waals surface area contributed by atoms with Gasteiger partial charge in [0.2, 0.25) is 5.89 Å². The highest BCUT2D eigenvalue weighted by atomic mass is 16.7. The van der Waals surface area contributed by atoms with Gasteiger partial charge in [-0.15, -0.1) is 0 Å². The van der Waals surface area contributed by atoms with E-state index in [9.17, 15) is 9.59 Å². The first-order valence-electron chi connectivity index (χ1n) is 9.21. The van der Waals surface area contributed by atoms with Crippen LogP contribution >= 0.6 is 0 Å². The van der Waals surface area contributed by atoms with Crippen LogP contribution in [0.1, 0.15) is 56.0 Å². The van der Waals surface area contributed by atoms with Crippen LogP contribution in [0.5, 0.6) is 0 Å². The molecule has 0 N–H and O–H groups in total. The third-order valence-electron chi connectivity index (χ3n) is 4.90. The number of hydrogen-bond acceptors (Lipinski definition) is 7. The lowest BCUT2D eigenvalue weighted by Gasteiger charge is -2.42. The van der Waals surface area contributed by atoms with E-state index in [0.717, 1.165) is 24.4 Å². The van der Waals surface area contributed by atoms with Crippen molar-refractivity contribution in [3.8, 4) is 0 Å². The first kappa shape index (κ1) is 19.6. The summed E-state index contributed by atoms with van der Waals surface area (Å²) in [5.41, 5.74) is -0.449. The molecule has 2 amide bonds. The zero-order chi connectivity index (χ0) is 19.8. The first-order valence-corrected chi connectivity index (χ1v) is 9.21. The number of rotatable bonds is 3. The largest absolute Gasteiger partial charge is 0.446 e. The summed E-state index contributed by atoms with van der Waals surface area (Å²) in [6.07, 6.45) is 3.07. The molecule has 2 fully saturated rings. The molecule has 27 heavy (non-hydrogen) atoms. The van der Waals surface area contributed by atoms with E-state index in [4.69, 9.17) is 14.0 Å². The predicted octanol–water partition coefficient (Wildman–Crippen LogP) is 2.06. The summed E-state index contributed by atoms with van der Waals surface area (Å²) in [6, 6.07) is -0.0759. The number of aromatic nitrogens is 1. The lowest BCUT2D eigenvalue weighted by atomic mass is 10.1. The summed E-state index contributed by atoms with van der Waals surface area (Å²) < 4.78 is 11.2. The number of hydroxylamine groups is 2. The fourth-order valence-corrected chi connectivity index (χ4v) is 3.53. The Morgan fingerprint density at radius 1 is 1.33 bits per heavy atom. The van der Waals surface area contributed by atoms with E-state index >= 15 is 0 Å². The Labute approximate surface area is 159 Å². The van der Waals surface area contributed by atoms with Gasteiger partial charge < -0.3 is 9.15 Å². The average Bonchev–Trinajstić information content (AvgIpc) is 3.26. The smallest absolute Gasteiger partial charge is 0.411 e. The number of amides is 2. The van der Waals surface area contributed by atoms with E-state index in [-0.39, 0.29) is 11.8 Å². The van der Waals surface area contributed by atoms with E-state index in [2.05, 4.69) is 9.88 Å². The molecule has 2 aliphatic heterocycles. The standard InChI is InChI=1S/C18H28N4O5/c1-18(2,3)27-17(24)22-9-12-7-6-8-21(12)10-14(22)15-19-13(11-26-15)16(23)20(4)25-5/h11-12,14H,6-10H2,1-5H3/t12-,14+/m1/s1. The fraction of sp³-hybridized carbons (Fsp3) is 0.722. The van der Waals surface area contributed by atoms with Gasteiger partial charge in [-0.1, -0.05) is 0 Å². The molecule has 2 atom stereocenters. The molecule has 2 saturated heterocycles. The van der Waals surface area contributed by atoms with E-state index in [1.165, 1.54) is 20.4 Å². The second-order valence-electron chi connectivity index (χ2n) is 8.00. The summed E-state index contributed by atoms with van der Waals surface area (Å²) in [5.74, 6) is -0.0785. The number of carbonyl (C=O) groups is 2. The summed E-state index contributed by atoms with van der Waals surface area (Å²) in [7, 11) is 2.90. The van der Waals surface area contributed by atoms with Gasteiger partial charge in [0.1, 0.15) is 17.9 Å². The Morgan fingerprint density at radius 3 is 2.74 bits per heavy atom. The van der Waals surface area contributed by atoms with Gasteiger partial charge >= 0.3 is 6.09 Å². The van der Waals surface area contributed by atoms with Gasteiger partial charge in [0, 0.05) is 26.2 Å². The van der Waals surface area contributed by atoms with Gasteiger partial charge in [0.25, 0.3) is 5.91 Å². The molecule has 0 unspecified atom stereocenters. The van der Waals surface area contributed by atoms with Gasteiger partial charge in [-0.25, -0.2) is 14.8 Å². The van der Waals surface area contributed by atoms with Gasteiger partial charge in [0.15, 0.2) is 5.69 Å². The minimum absolute atomic E-state index is 0.141. The Hall–Kier alpha value is -2.13. The Bertz CT molecular complexity index is 698. The van der Waals surface area contributed by atoms with Crippen molar-refractivity contribution in [3.63, 3.8) is 0 Å². The molecule has 0 radical (unpaired) electrons. The zero-order valence-electron chi connectivity index (χ0n) is 16.6. The number of nitrogens with zero attached hydrogens (tertiary/aromatic N) is 4. The Balaban J connectivity index is 1.84. The van der Waals surface area contributed by atoms with Crippen molar-refractivity contribution in [1.82, 2.24) is 19.8 Å². The monoisotopic (exact) mass is 380 g/mol. The van der Waals surface area contributed by atoms with E-state index in [1.54, 1.807) is 4.90 Å². The molecule has 2 aliphatic rings. The van der Waals surface area contributed by atoms with Crippen molar-refractivity contribution in [2.75, 3.05) is 33.8 Å². The van der Waals surface area contributed by atoms with Crippen molar-refractivity contribution in [2.24, 2.45) is 0 Å². The number of oxazole rings is 1. The normalized spacial score (nSPS) is 23.2. The highest BCUT2D eigenvalue weighted by Crippen LogP contribution is 2.33. The first-order chi connectivity index (χ1) is 12.7. The second-order valence-corrected chi connectivity index (χ2v) is 8.00. The van der Waals surface area contributed by atoms with E-state index in [1.807, 2.05) is 20.8 Å². The molecule has 0 spiro atoms. The number of hydrogen-bond donors (Lipinski definition) is 0. The minimum Gasteiger partial charge on any atom is -0.446 e. The fourth-order valence-electron chi connectivity index (χ4n) is 3.53. The van der Waals surface area contributed by atoms with Gasteiger partial charge in [-0.2, -0.15) is 0 Å². The maximum Gasteiger partial charge on any atom is 0.411 e. The highest BCUT2D eigenvalue weighted by Gasteiger charge is 2.42. The van der Waals surface area contributed by atoms with Crippen molar-refractivity contribution in [2.45, 2.75) is 51.3 Å². The van der Waals surface area contributed by atoms with Crippen LogP contribution < -0.4 is 0 Å². The maximum absolute atomic E-state index is 12.8. The third kappa shape index (κ3) is 4.24. The van der Waals surface area contributed by atoms with Crippen molar-refractivity contribution in [1.29, 1.82) is 0 Å². The summed E-state index contributed by atoms with van der Waals surface area (Å²) in [5, 5.41) is 1.07. The van der Waals surface area contributed by atoms with E-state index < -0.39 is 17.6 Å². The van der Waals surface area contributed by atoms with Crippen LogP contribution in [0.15, 0.2) is 10.7 Å². The number of fused-ring (bicyclic) bond motifs is 1. The predicted molar refractivity (Wildman–Crippen MR) is 95.9 cm³/mol. The molecule has 0 aliphatic carbocycles. The van der Waals surface area contributed by atoms with Crippen molar-refractivity contribution >= 4 is 12.0 Å². The topological polar surface area (TPSA) is 88.4 Å². The Morgan fingerprint density at radius 2 is 2.07 bits per heavy atom. The SMILES string of the molecule is CON(C)C(=O)c1coc([C@@H]2CN3CCC[C@@H]3CN2C(=O)OC(C)(C)C)n1. The highest BCUT2D eigenvalue weighted by molar-refractivity contribution is 5.91. The Kier molecular flexibility index (Phi) is 5.43. The lowest BCUT2D eigenvalue weighted by molar-refractivity contribution is -0.0760. The van der Waals surface area contributed by atoms with Crippen LogP contribution in [0, 0.1) is 0 Å². The molecule has 3 heterocycles. The second kappa shape index (κ2) is 7.47. The molecule has 1 aromatic heterocycles. The molecule has 150 valence electrons. The van der Waals surface area contributed by atoms with Crippen LogP contribution in [-0.2, 0) is 9.57 Å². The average molecular weight is 380 g/mol. The molecule has 0 bridgehead atoms. The summed E-state index contributed by atoms with van der Waals surface area (Å²) >= 11 is 0. The zero-order valence-corrected chi connectivity index (χ0v) is 16.6. The molecule has 0 aromatic carbocycles. The van der Waals surface area contributed by atoms with Gasteiger partial charge in [0.05, 0.1) is 7.11 Å².